The third kappa shape index (κ3) is 1.81. The normalized spacial score (nSPS) is 19.9. The summed E-state index contributed by atoms with van der Waals surface area (Å²) in [5, 5.41) is 18.6. The molecule has 1 unspecified atom stereocenters. The summed E-state index contributed by atoms with van der Waals surface area (Å²) in [6.07, 6.45) is -0.0555. The van der Waals surface area contributed by atoms with Crippen molar-refractivity contribution in [2.24, 2.45) is 0 Å². The third-order valence-corrected chi connectivity index (χ3v) is 2.56. The Balaban J connectivity index is 2.30. The second-order valence-corrected chi connectivity index (χ2v) is 3.60. The second-order valence-electron chi connectivity index (χ2n) is 3.60. The Hall–Kier alpha value is -1.75. The number of nitrogens with zero attached hydrogens (tertiary/aromatic N) is 1. The minimum absolute atomic E-state index is 0.0224. The number of hydrogen-bond donors (Lipinski definition) is 2. The van der Waals surface area contributed by atoms with Crippen LogP contribution in [0.2, 0.25) is 0 Å². The van der Waals surface area contributed by atoms with E-state index in [0.717, 1.165) is 0 Å². The first-order valence-corrected chi connectivity index (χ1v) is 5.09. The molecule has 0 bridgehead atoms. The van der Waals surface area contributed by atoms with Crippen LogP contribution in [0.3, 0.4) is 0 Å². The van der Waals surface area contributed by atoms with E-state index in [4.69, 9.17) is 9.84 Å². The minimum Gasteiger partial charge on any atom is -0.506 e. The highest BCUT2D eigenvalue weighted by atomic mass is 16.6. The molecule has 1 heterocycles. The Morgan fingerprint density at radius 2 is 2.19 bits per heavy atom. The van der Waals surface area contributed by atoms with E-state index in [9.17, 15) is 9.90 Å². The maximum atomic E-state index is 11.5. The molecular formula is C11H13NO4. The van der Waals surface area contributed by atoms with Gasteiger partial charge in [0.25, 0.3) is 0 Å². The van der Waals surface area contributed by atoms with Crippen LogP contribution in [-0.4, -0.2) is 35.6 Å². The van der Waals surface area contributed by atoms with E-state index in [0.29, 0.717) is 12.1 Å². The third-order valence-electron chi connectivity index (χ3n) is 2.56. The number of aliphatic hydroxyl groups is 1. The number of carbonyl (C=O) groups excluding carboxylic acids is 1. The van der Waals surface area contributed by atoms with Gasteiger partial charge in [-0.3, -0.25) is 4.90 Å². The fourth-order valence-electron chi connectivity index (χ4n) is 1.79. The number of amides is 1. The van der Waals surface area contributed by atoms with Crippen LogP contribution in [0.15, 0.2) is 24.3 Å². The lowest BCUT2D eigenvalue weighted by Crippen LogP contribution is -2.34. The topological polar surface area (TPSA) is 70.0 Å². The first-order chi connectivity index (χ1) is 7.74. The Bertz CT molecular complexity index is 393. The van der Waals surface area contributed by atoms with E-state index in [1.165, 1.54) is 11.0 Å². The number of cyclic esters (lactones) is 1. The number of phenolic OH excluding ortho intramolecular Hbond substituents is 1. The molecule has 2 N–H and O–H groups in total. The van der Waals surface area contributed by atoms with Crippen LogP contribution >= 0.6 is 0 Å². The largest absolute Gasteiger partial charge is 0.506 e. The van der Waals surface area contributed by atoms with Gasteiger partial charge in [0.1, 0.15) is 12.4 Å². The summed E-state index contributed by atoms with van der Waals surface area (Å²) in [4.78, 5) is 12.9. The minimum atomic E-state index is -0.486. The fourth-order valence-corrected chi connectivity index (χ4v) is 1.79. The van der Waals surface area contributed by atoms with Crippen LogP contribution < -0.4 is 4.90 Å². The number of anilines is 1. The lowest BCUT2D eigenvalue weighted by Gasteiger charge is -2.21. The van der Waals surface area contributed by atoms with Crippen molar-refractivity contribution in [2.45, 2.75) is 12.5 Å². The Kier molecular flexibility index (Phi) is 2.96. The predicted octanol–water partition coefficient (Wildman–Crippen LogP) is 1.10. The molecule has 1 atom stereocenters. The van der Waals surface area contributed by atoms with Gasteiger partial charge in [-0.1, -0.05) is 12.1 Å². The van der Waals surface area contributed by atoms with Crippen molar-refractivity contribution in [3.8, 4) is 5.75 Å². The van der Waals surface area contributed by atoms with E-state index < -0.39 is 6.09 Å². The van der Waals surface area contributed by atoms with E-state index in [2.05, 4.69) is 0 Å². The molecule has 5 nitrogen and oxygen atoms in total. The molecule has 1 saturated heterocycles. The average Bonchev–Trinajstić information content (AvgIpc) is 2.62. The summed E-state index contributed by atoms with van der Waals surface area (Å²) in [5.74, 6) is 0.0317. The number of rotatable bonds is 3. The number of ether oxygens (including phenoxy) is 1. The summed E-state index contributed by atoms with van der Waals surface area (Å²) in [5.41, 5.74) is 0.420. The van der Waals surface area contributed by atoms with Crippen LogP contribution in [0.1, 0.15) is 6.42 Å². The molecule has 1 amide bonds. The van der Waals surface area contributed by atoms with Crippen LogP contribution in [0, 0.1) is 0 Å². The highest BCUT2D eigenvalue weighted by molar-refractivity contribution is 5.91. The summed E-state index contributed by atoms with van der Waals surface area (Å²) < 4.78 is 4.90. The summed E-state index contributed by atoms with van der Waals surface area (Å²) in [6.45, 7) is 0.221. The summed E-state index contributed by atoms with van der Waals surface area (Å²) in [7, 11) is 0. The van der Waals surface area contributed by atoms with E-state index in [-0.39, 0.29) is 25.0 Å². The first-order valence-electron chi connectivity index (χ1n) is 5.09. The standard InChI is InChI=1S/C11H13NO4/c13-6-5-8-7-16-11(15)12(8)9-3-1-2-4-10(9)14/h1-4,8,13-14H,5-7H2. The highest BCUT2D eigenvalue weighted by Gasteiger charge is 2.34. The summed E-state index contributed by atoms with van der Waals surface area (Å²) >= 11 is 0. The van der Waals surface area contributed by atoms with E-state index >= 15 is 0 Å². The molecular weight excluding hydrogens is 210 g/mol. The van der Waals surface area contributed by atoms with Crippen LogP contribution in [-0.2, 0) is 4.74 Å². The van der Waals surface area contributed by atoms with Crippen LogP contribution in [0.5, 0.6) is 5.75 Å². The number of phenols is 1. The Morgan fingerprint density at radius 1 is 1.44 bits per heavy atom. The van der Waals surface area contributed by atoms with Crippen LogP contribution in [0.25, 0.3) is 0 Å². The van der Waals surface area contributed by atoms with Crippen molar-refractivity contribution >= 4 is 11.8 Å². The monoisotopic (exact) mass is 223 g/mol. The molecule has 1 aliphatic heterocycles. The number of aromatic hydroxyl groups is 1. The van der Waals surface area contributed by atoms with Gasteiger partial charge in [-0.05, 0) is 18.6 Å². The van der Waals surface area contributed by atoms with Gasteiger partial charge in [0.05, 0.1) is 11.7 Å². The lowest BCUT2D eigenvalue weighted by molar-refractivity contribution is 0.176. The number of carbonyl (C=O) groups is 1. The molecule has 0 aliphatic carbocycles. The smallest absolute Gasteiger partial charge is 0.414 e. The van der Waals surface area contributed by atoms with E-state index in [1.54, 1.807) is 18.2 Å². The van der Waals surface area contributed by atoms with Crippen molar-refractivity contribution in [2.75, 3.05) is 18.1 Å². The molecule has 1 aromatic carbocycles. The van der Waals surface area contributed by atoms with Crippen molar-refractivity contribution < 1.29 is 19.7 Å². The molecule has 16 heavy (non-hydrogen) atoms. The number of hydrogen-bond acceptors (Lipinski definition) is 4. The van der Waals surface area contributed by atoms with Gasteiger partial charge in [0, 0.05) is 6.61 Å². The van der Waals surface area contributed by atoms with Crippen LogP contribution in [0.4, 0.5) is 10.5 Å². The van der Waals surface area contributed by atoms with Crippen molar-refractivity contribution in [3.05, 3.63) is 24.3 Å². The molecule has 1 aliphatic rings. The maximum Gasteiger partial charge on any atom is 0.414 e. The van der Waals surface area contributed by atoms with Gasteiger partial charge < -0.3 is 14.9 Å². The van der Waals surface area contributed by atoms with Crippen molar-refractivity contribution in [1.82, 2.24) is 0 Å². The quantitative estimate of drug-likeness (QED) is 0.805. The van der Waals surface area contributed by atoms with Gasteiger partial charge in [-0.15, -0.1) is 0 Å². The molecule has 1 aromatic rings. The van der Waals surface area contributed by atoms with Gasteiger partial charge in [-0.25, -0.2) is 4.79 Å². The predicted molar refractivity (Wildman–Crippen MR) is 57.4 cm³/mol. The van der Waals surface area contributed by atoms with E-state index in [1.807, 2.05) is 0 Å². The molecule has 0 radical (unpaired) electrons. The molecule has 86 valence electrons. The first kappa shape index (κ1) is 10.8. The fraction of sp³-hybridized carbons (Fsp3) is 0.364. The average molecular weight is 223 g/mol. The zero-order chi connectivity index (χ0) is 11.5. The second kappa shape index (κ2) is 4.40. The SMILES string of the molecule is O=C1OCC(CCO)N1c1ccccc1O. The zero-order valence-corrected chi connectivity index (χ0v) is 8.67. The Labute approximate surface area is 92.9 Å². The van der Waals surface area contributed by atoms with Gasteiger partial charge in [-0.2, -0.15) is 0 Å². The van der Waals surface area contributed by atoms with Crippen molar-refractivity contribution in [3.63, 3.8) is 0 Å². The number of benzene rings is 1. The van der Waals surface area contributed by atoms with Gasteiger partial charge >= 0.3 is 6.09 Å². The molecule has 1 fully saturated rings. The lowest BCUT2D eigenvalue weighted by atomic mass is 10.2. The summed E-state index contributed by atoms with van der Waals surface area (Å²) in [6, 6.07) is 6.35. The number of para-hydroxylation sites is 2. The maximum absolute atomic E-state index is 11.5. The zero-order valence-electron chi connectivity index (χ0n) is 8.67. The van der Waals surface area contributed by atoms with Gasteiger partial charge in [0.15, 0.2) is 0 Å². The van der Waals surface area contributed by atoms with Crippen molar-refractivity contribution in [1.29, 1.82) is 0 Å². The molecule has 0 saturated carbocycles. The molecule has 5 heteroatoms. The molecule has 0 spiro atoms. The molecule has 0 aromatic heterocycles. The van der Waals surface area contributed by atoms with Gasteiger partial charge in [0.2, 0.25) is 0 Å². The molecule has 2 rings (SSSR count). The highest BCUT2D eigenvalue weighted by Crippen LogP contribution is 2.31. The Morgan fingerprint density at radius 3 is 2.88 bits per heavy atom. The number of aliphatic hydroxyl groups excluding tert-OH is 1.